The number of H-pyrrole nitrogens is 1. The normalized spacial score (nSPS) is 10.8. The molecule has 24 heavy (non-hydrogen) atoms. The standard InChI is InChI=1S/C17H13BrN2O3S/c1-2-23-12-6-3-10(4-7-12)15(21)20-16(22)13-9-11(18)5-8-14(13)19-17(20)24/h3-9H,2H2,1H3,(H,19,24). The minimum Gasteiger partial charge on any atom is -0.494 e. The van der Waals surface area contributed by atoms with E-state index in [9.17, 15) is 9.59 Å². The second-order valence-electron chi connectivity index (χ2n) is 5.02. The van der Waals surface area contributed by atoms with Gasteiger partial charge in [-0.1, -0.05) is 15.9 Å². The van der Waals surface area contributed by atoms with E-state index >= 15 is 0 Å². The molecule has 1 heterocycles. The van der Waals surface area contributed by atoms with Crippen molar-refractivity contribution in [2.24, 2.45) is 0 Å². The summed E-state index contributed by atoms with van der Waals surface area (Å²) < 4.78 is 7.14. The van der Waals surface area contributed by atoms with Crippen molar-refractivity contribution in [3.8, 4) is 5.75 Å². The first-order valence-corrected chi connectivity index (χ1v) is 8.43. The largest absolute Gasteiger partial charge is 0.494 e. The molecule has 0 aliphatic carbocycles. The van der Waals surface area contributed by atoms with Crippen molar-refractivity contribution in [2.45, 2.75) is 6.92 Å². The number of aromatic amines is 1. The Balaban J connectivity index is 2.13. The van der Waals surface area contributed by atoms with Crippen molar-refractivity contribution in [2.75, 3.05) is 6.61 Å². The predicted octanol–water partition coefficient (Wildman–Crippen LogP) is 3.91. The molecule has 0 spiro atoms. The molecular formula is C17H13BrN2O3S. The van der Waals surface area contributed by atoms with E-state index in [0.717, 1.165) is 9.04 Å². The van der Waals surface area contributed by atoms with Crippen LogP contribution < -0.4 is 10.3 Å². The van der Waals surface area contributed by atoms with Crippen LogP contribution in [0.4, 0.5) is 0 Å². The van der Waals surface area contributed by atoms with Gasteiger partial charge in [0, 0.05) is 10.0 Å². The van der Waals surface area contributed by atoms with Crippen LogP contribution >= 0.6 is 28.1 Å². The molecule has 1 aromatic heterocycles. The fourth-order valence-electron chi connectivity index (χ4n) is 2.36. The second-order valence-corrected chi connectivity index (χ2v) is 6.33. The molecule has 0 bridgehead atoms. The Kier molecular flexibility index (Phi) is 4.64. The summed E-state index contributed by atoms with van der Waals surface area (Å²) in [6.45, 7) is 2.42. The highest BCUT2D eigenvalue weighted by molar-refractivity contribution is 9.10. The summed E-state index contributed by atoms with van der Waals surface area (Å²) in [6.07, 6.45) is 0. The zero-order chi connectivity index (χ0) is 17.3. The molecule has 0 atom stereocenters. The van der Waals surface area contributed by atoms with Crippen LogP contribution in [0.25, 0.3) is 10.9 Å². The van der Waals surface area contributed by atoms with Gasteiger partial charge in [-0.15, -0.1) is 0 Å². The molecule has 0 fully saturated rings. The molecular weight excluding hydrogens is 392 g/mol. The number of fused-ring (bicyclic) bond motifs is 1. The fourth-order valence-corrected chi connectivity index (χ4v) is 3.00. The van der Waals surface area contributed by atoms with Crippen molar-refractivity contribution < 1.29 is 9.53 Å². The summed E-state index contributed by atoms with van der Waals surface area (Å²) in [5, 5.41) is 0.386. The summed E-state index contributed by atoms with van der Waals surface area (Å²) >= 11 is 8.52. The van der Waals surface area contributed by atoms with Crippen molar-refractivity contribution >= 4 is 45.0 Å². The van der Waals surface area contributed by atoms with Gasteiger partial charge in [0.2, 0.25) is 0 Å². The molecule has 5 nitrogen and oxygen atoms in total. The van der Waals surface area contributed by atoms with Crippen LogP contribution in [0.5, 0.6) is 5.75 Å². The predicted molar refractivity (Wildman–Crippen MR) is 98.4 cm³/mol. The number of hydrogen-bond donors (Lipinski definition) is 1. The molecule has 0 amide bonds. The highest BCUT2D eigenvalue weighted by atomic mass is 79.9. The first kappa shape index (κ1) is 16.6. The number of aromatic nitrogens is 2. The quantitative estimate of drug-likeness (QED) is 0.672. The van der Waals surface area contributed by atoms with Crippen molar-refractivity contribution in [3.05, 3.63) is 67.6 Å². The van der Waals surface area contributed by atoms with Crippen LogP contribution in [-0.2, 0) is 0 Å². The lowest BCUT2D eigenvalue weighted by molar-refractivity contribution is 0.0953. The zero-order valence-electron chi connectivity index (χ0n) is 12.7. The first-order valence-electron chi connectivity index (χ1n) is 7.23. The van der Waals surface area contributed by atoms with Gasteiger partial charge in [0.05, 0.1) is 17.5 Å². The molecule has 122 valence electrons. The Hall–Kier alpha value is -2.25. The molecule has 7 heteroatoms. The molecule has 0 aliphatic rings. The van der Waals surface area contributed by atoms with E-state index < -0.39 is 11.5 Å². The van der Waals surface area contributed by atoms with Gasteiger partial charge >= 0.3 is 0 Å². The van der Waals surface area contributed by atoms with E-state index in [1.807, 2.05) is 6.92 Å². The van der Waals surface area contributed by atoms with E-state index in [-0.39, 0.29) is 4.77 Å². The van der Waals surface area contributed by atoms with Gasteiger partial charge in [-0.3, -0.25) is 9.59 Å². The van der Waals surface area contributed by atoms with Gasteiger partial charge in [-0.2, -0.15) is 0 Å². The highest BCUT2D eigenvalue weighted by Gasteiger charge is 2.15. The van der Waals surface area contributed by atoms with Crippen LogP contribution in [0.3, 0.4) is 0 Å². The molecule has 1 N–H and O–H groups in total. The first-order chi connectivity index (χ1) is 11.5. The summed E-state index contributed by atoms with van der Waals surface area (Å²) in [4.78, 5) is 28.3. The van der Waals surface area contributed by atoms with Gasteiger partial charge < -0.3 is 9.72 Å². The number of carbonyl (C=O) groups is 1. The average molecular weight is 405 g/mol. The van der Waals surface area contributed by atoms with Gasteiger partial charge in [0.25, 0.3) is 11.5 Å². The van der Waals surface area contributed by atoms with Crippen LogP contribution in [0.1, 0.15) is 17.3 Å². The molecule has 3 rings (SSSR count). The minimum absolute atomic E-state index is 0.0636. The smallest absolute Gasteiger partial charge is 0.269 e. The number of carbonyl (C=O) groups excluding carboxylic acids is 1. The number of nitrogens with one attached hydrogen (secondary N) is 1. The zero-order valence-corrected chi connectivity index (χ0v) is 15.1. The summed E-state index contributed by atoms with van der Waals surface area (Å²) in [5.41, 5.74) is 0.493. The van der Waals surface area contributed by atoms with Crippen molar-refractivity contribution in [3.63, 3.8) is 0 Å². The monoisotopic (exact) mass is 404 g/mol. The number of nitrogens with zero attached hydrogens (tertiary/aromatic N) is 1. The van der Waals surface area contributed by atoms with E-state index in [4.69, 9.17) is 17.0 Å². The van der Waals surface area contributed by atoms with Crippen molar-refractivity contribution in [1.29, 1.82) is 0 Å². The maximum Gasteiger partial charge on any atom is 0.269 e. The summed E-state index contributed by atoms with van der Waals surface area (Å²) in [7, 11) is 0. The number of rotatable bonds is 3. The third-order valence-corrected chi connectivity index (χ3v) is 4.25. The van der Waals surface area contributed by atoms with Gasteiger partial charge in [-0.05, 0) is 61.6 Å². The molecule has 0 aliphatic heterocycles. The minimum atomic E-state index is -0.480. The Labute approximate surface area is 151 Å². The third kappa shape index (κ3) is 3.05. The highest BCUT2D eigenvalue weighted by Crippen LogP contribution is 2.16. The molecule has 0 saturated carbocycles. The second kappa shape index (κ2) is 6.70. The lowest BCUT2D eigenvalue weighted by atomic mass is 10.2. The maximum absolute atomic E-state index is 12.7. The van der Waals surface area contributed by atoms with Gasteiger partial charge in [0.1, 0.15) is 5.75 Å². The van der Waals surface area contributed by atoms with Crippen LogP contribution in [0, 0.1) is 4.77 Å². The number of ether oxygens (including phenoxy) is 1. The Morgan fingerprint density at radius 2 is 1.96 bits per heavy atom. The Morgan fingerprint density at radius 1 is 1.25 bits per heavy atom. The maximum atomic E-state index is 12.7. The van der Waals surface area contributed by atoms with Crippen molar-refractivity contribution in [1.82, 2.24) is 9.55 Å². The Morgan fingerprint density at radius 3 is 2.62 bits per heavy atom. The lowest BCUT2D eigenvalue weighted by Gasteiger charge is -2.08. The molecule has 0 radical (unpaired) electrons. The number of hydrogen-bond acceptors (Lipinski definition) is 4. The van der Waals surface area contributed by atoms with Crippen LogP contribution in [-0.4, -0.2) is 22.1 Å². The lowest BCUT2D eigenvalue weighted by Crippen LogP contribution is -2.29. The fraction of sp³-hybridized carbons (Fsp3) is 0.118. The SMILES string of the molecule is CCOc1ccc(C(=O)n2c(=S)[nH]c3ccc(Br)cc3c2=O)cc1. The van der Waals surface area contributed by atoms with Crippen LogP contribution in [0.15, 0.2) is 51.7 Å². The van der Waals surface area contributed by atoms with E-state index in [0.29, 0.717) is 28.8 Å². The van der Waals surface area contributed by atoms with Gasteiger partial charge in [-0.25, -0.2) is 4.57 Å². The van der Waals surface area contributed by atoms with E-state index in [1.54, 1.807) is 42.5 Å². The Bertz CT molecular complexity index is 1040. The molecule has 0 unspecified atom stereocenters. The summed E-state index contributed by atoms with van der Waals surface area (Å²) in [6, 6.07) is 11.8. The molecule has 2 aromatic carbocycles. The van der Waals surface area contributed by atoms with E-state index in [1.165, 1.54) is 0 Å². The third-order valence-electron chi connectivity index (χ3n) is 3.48. The topological polar surface area (TPSA) is 64.1 Å². The number of benzene rings is 2. The van der Waals surface area contributed by atoms with Gasteiger partial charge in [0.15, 0.2) is 4.77 Å². The number of halogens is 1. The van der Waals surface area contributed by atoms with Crippen LogP contribution in [0.2, 0.25) is 0 Å². The van der Waals surface area contributed by atoms with E-state index in [2.05, 4.69) is 20.9 Å². The molecule has 0 saturated heterocycles. The summed E-state index contributed by atoms with van der Waals surface area (Å²) in [5.74, 6) is 0.181. The molecule has 3 aromatic rings. The average Bonchev–Trinajstić information content (AvgIpc) is 2.56.